The van der Waals surface area contributed by atoms with Crippen molar-refractivity contribution >= 4 is 5.97 Å². The van der Waals surface area contributed by atoms with Crippen LogP contribution in [0.1, 0.15) is 51.0 Å². The van der Waals surface area contributed by atoms with E-state index in [1.165, 1.54) is 45.4 Å². The van der Waals surface area contributed by atoms with Crippen LogP contribution in [0.2, 0.25) is 0 Å². The van der Waals surface area contributed by atoms with Gasteiger partial charge in [0.15, 0.2) is 0 Å². The molecular weight excluding hydrogens is 250 g/mol. The Morgan fingerprint density at radius 3 is 2.75 bits per heavy atom. The van der Waals surface area contributed by atoms with Gasteiger partial charge in [-0.25, -0.2) is 0 Å². The lowest BCUT2D eigenvalue weighted by molar-refractivity contribution is -0.131. The van der Waals surface area contributed by atoms with E-state index in [4.69, 9.17) is 4.74 Å². The first-order valence-corrected chi connectivity index (χ1v) is 7.73. The molecule has 110 valence electrons. The van der Waals surface area contributed by atoms with Crippen molar-refractivity contribution in [1.82, 2.24) is 5.32 Å². The van der Waals surface area contributed by atoms with Gasteiger partial charge in [0.05, 0.1) is 0 Å². The highest BCUT2D eigenvalue weighted by molar-refractivity contribution is 5.69. The third kappa shape index (κ3) is 4.97. The molecule has 0 unspecified atom stereocenters. The van der Waals surface area contributed by atoms with Crippen LogP contribution < -0.4 is 10.1 Å². The van der Waals surface area contributed by atoms with E-state index >= 15 is 0 Å². The highest BCUT2D eigenvalue weighted by Crippen LogP contribution is 2.25. The molecule has 1 aliphatic carbocycles. The first kappa shape index (κ1) is 15.0. The van der Waals surface area contributed by atoms with E-state index in [9.17, 15) is 4.79 Å². The summed E-state index contributed by atoms with van der Waals surface area (Å²) in [6, 6.07) is 7.72. The minimum Gasteiger partial charge on any atom is -0.426 e. The van der Waals surface area contributed by atoms with Crippen LogP contribution in [-0.4, -0.2) is 12.5 Å². The Morgan fingerprint density at radius 1 is 1.25 bits per heavy atom. The quantitative estimate of drug-likeness (QED) is 0.489. The highest BCUT2D eigenvalue weighted by atomic mass is 16.5. The zero-order valence-corrected chi connectivity index (χ0v) is 12.4. The summed E-state index contributed by atoms with van der Waals surface area (Å²) in [7, 11) is 0. The molecule has 2 rings (SSSR count). The lowest BCUT2D eigenvalue weighted by atomic mass is 9.87. The van der Waals surface area contributed by atoms with Gasteiger partial charge in [0.2, 0.25) is 0 Å². The summed E-state index contributed by atoms with van der Waals surface area (Å²) in [4.78, 5) is 11.1. The molecule has 0 bridgehead atoms. The van der Waals surface area contributed by atoms with E-state index < -0.39 is 0 Å². The molecule has 0 atom stereocenters. The summed E-state index contributed by atoms with van der Waals surface area (Å²) in [6.45, 7) is 3.24. The van der Waals surface area contributed by atoms with Crippen LogP contribution in [0.4, 0.5) is 0 Å². The van der Waals surface area contributed by atoms with E-state index in [-0.39, 0.29) is 5.97 Å². The van der Waals surface area contributed by atoms with Crippen molar-refractivity contribution in [3.05, 3.63) is 29.8 Å². The van der Waals surface area contributed by atoms with Gasteiger partial charge in [-0.05, 0) is 24.9 Å². The molecule has 3 heteroatoms. The van der Waals surface area contributed by atoms with Crippen LogP contribution in [0.15, 0.2) is 24.3 Å². The number of benzene rings is 1. The number of hydrogen-bond donors (Lipinski definition) is 1. The van der Waals surface area contributed by atoms with Gasteiger partial charge in [-0.3, -0.25) is 4.79 Å². The number of para-hydroxylation sites is 1. The van der Waals surface area contributed by atoms with Crippen LogP contribution in [0.3, 0.4) is 0 Å². The number of hydrogen-bond acceptors (Lipinski definition) is 3. The van der Waals surface area contributed by atoms with E-state index in [1.54, 1.807) is 0 Å². The average molecular weight is 275 g/mol. The number of carbonyl (C=O) groups is 1. The van der Waals surface area contributed by atoms with Crippen molar-refractivity contribution in [1.29, 1.82) is 0 Å². The van der Waals surface area contributed by atoms with Gasteiger partial charge >= 0.3 is 5.97 Å². The molecule has 1 aromatic carbocycles. The van der Waals surface area contributed by atoms with Crippen molar-refractivity contribution in [2.75, 3.05) is 6.54 Å². The Labute approximate surface area is 121 Å². The van der Waals surface area contributed by atoms with E-state index in [0.29, 0.717) is 5.75 Å². The predicted octanol–water partition coefficient (Wildman–Crippen LogP) is 3.67. The number of ether oxygens (including phenoxy) is 1. The standard InChI is InChI=1S/C17H25NO2/c1-14(19)20-17-10-6-5-9-16(17)13-18-12-11-15-7-3-2-4-8-15/h5-6,9-10,15,18H,2-4,7-8,11-13H2,1H3. The first-order chi connectivity index (χ1) is 9.75. The molecule has 1 N–H and O–H groups in total. The fourth-order valence-electron chi connectivity index (χ4n) is 2.91. The second kappa shape index (κ2) is 8.05. The van der Waals surface area contributed by atoms with Crippen molar-refractivity contribution in [3.63, 3.8) is 0 Å². The van der Waals surface area contributed by atoms with Crippen molar-refractivity contribution in [3.8, 4) is 5.75 Å². The molecule has 0 radical (unpaired) electrons. The number of carbonyl (C=O) groups excluding carboxylic acids is 1. The van der Waals surface area contributed by atoms with E-state index in [0.717, 1.165) is 24.6 Å². The molecule has 1 fully saturated rings. The van der Waals surface area contributed by atoms with Gasteiger partial charge in [0.25, 0.3) is 0 Å². The van der Waals surface area contributed by atoms with Crippen molar-refractivity contribution in [2.24, 2.45) is 5.92 Å². The fourth-order valence-corrected chi connectivity index (χ4v) is 2.91. The minimum atomic E-state index is -0.264. The van der Waals surface area contributed by atoms with Crippen molar-refractivity contribution < 1.29 is 9.53 Å². The summed E-state index contributed by atoms with van der Waals surface area (Å²) in [5, 5.41) is 3.47. The molecule has 0 aromatic heterocycles. The zero-order chi connectivity index (χ0) is 14.2. The molecule has 20 heavy (non-hydrogen) atoms. The monoisotopic (exact) mass is 275 g/mol. The van der Waals surface area contributed by atoms with Crippen LogP contribution in [0, 0.1) is 5.92 Å². The lowest BCUT2D eigenvalue weighted by Gasteiger charge is -2.21. The Kier molecular flexibility index (Phi) is 6.06. The smallest absolute Gasteiger partial charge is 0.308 e. The molecule has 1 saturated carbocycles. The highest BCUT2D eigenvalue weighted by Gasteiger charge is 2.12. The SMILES string of the molecule is CC(=O)Oc1ccccc1CNCCC1CCCCC1. The second-order valence-electron chi connectivity index (χ2n) is 5.67. The van der Waals surface area contributed by atoms with Crippen LogP contribution >= 0.6 is 0 Å². The molecule has 0 saturated heterocycles. The van der Waals surface area contributed by atoms with Gasteiger partial charge in [0.1, 0.15) is 5.75 Å². The van der Waals surface area contributed by atoms with Crippen molar-refractivity contribution in [2.45, 2.75) is 52.0 Å². The molecule has 0 heterocycles. The molecule has 0 amide bonds. The van der Waals surface area contributed by atoms with Crippen LogP contribution in [0.25, 0.3) is 0 Å². The minimum absolute atomic E-state index is 0.264. The normalized spacial score (nSPS) is 16.1. The number of nitrogens with one attached hydrogen (secondary N) is 1. The number of esters is 1. The summed E-state index contributed by atoms with van der Waals surface area (Å²) < 4.78 is 5.21. The molecule has 0 spiro atoms. The van der Waals surface area contributed by atoms with Gasteiger partial charge in [-0.2, -0.15) is 0 Å². The number of rotatable bonds is 6. The lowest BCUT2D eigenvalue weighted by Crippen LogP contribution is -2.19. The van der Waals surface area contributed by atoms with Crippen LogP contribution in [-0.2, 0) is 11.3 Å². The third-order valence-corrected chi connectivity index (χ3v) is 4.00. The third-order valence-electron chi connectivity index (χ3n) is 4.00. The predicted molar refractivity (Wildman–Crippen MR) is 80.6 cm³/mol. The molecule has 3 nitrogen and oxygen atoms in total. The van der Waals surface area contributed by atoms with Gasteiger partial charge in [-0.1, -0.05) is 50.3 Å². The summed E-state index contributed by atoms with van der Waals surface area (Å²) in [5.41, 5.74) is 1.05. The maximum Gasteiger partial charge on any atom is 0.308 e. The maximum atomic E-state index is 11.1. The summed E-state index contributed by atoms with van der Waals surface area (Å²) in [5.74, 6) is 1.31. The molecule has 1 aliphatic rings. The summed E-state index contributed by atoms with van der Waals surface area (Å²) >= 11 is 0. The van der Waals surface area contributed by atoms with Gasteiger partial charge in [0, 0.05) is 19.0 Å². The van der Waals surface area contributed by atoms with Gasteiger partial charge in [-0.15, -0.1) is 0 Å². The fraction of sp³-hybridized carbons (Fsp3) is 0.588. The zero-order valence-electron chi connectivity index (χ0n) is 12.4. The summed E-state index contributed by atoms with van der Waals surface area (Å²) in [6.07, 6.45) is 8.27. The van der Waals surface area contributed by atoms with E-state index in [2.05, 4.69) is 5.32 Å². The van der Waals surface area contributed by atoms with E-state index in [1.807, 2.05) is 24.3 Å². The van der Waals surface area contributed by atoms with Crippen LogP contribution in [0.5, 0.6) is 5.75 Å². The Morgan fingerprint density at radius 2 is 2.00 bits per heavy atom. The van der Waals surface area contributed by atoms with Gasteiger partial charge < -0.3 is 10.1 Å². The molecule has 0 aliphatic heterocycles. The molecule has 1 aromatic rings. The Bertz CT molecular complexity index is 425. The Balaban J connectivity index is 1.74. The average Bonchev–Trinajstić information content (AvgIpc) is 2.46. The largest absolute Gasteiger partial charge is 0.426 e. The Hall–Kier alpha value is -1.35. The second-order valence-corrected chi connectivity index (χ2v) is 5.67. The molecular formula is C17H25NO2. The maximum absolute atomic E-state index is 11.1. The first-order valence-electron chi connectivity index (χ1n) is 7.73. The topological polar surface area (TPSA) is 38.3 Å².